The van der Waals surface area contributed by atoms with Crippen LogP contribution >= 0.6 is 7.82 Å². The molecule has 0 atom stereocenters. The van der Waals surface area contributed by atoms with E-state index in [1.165, 1.54) is 33.4 Å². The minimum Gasteiger partial charge on any atom is -0.394 e. The Kier molecular flexibility index (Phi) is 10.8. The lowest BCUT2D eigenvalue weighted by Gasteiger charge is -2.26. The SMILES string of the molecule is Cc1ccc2c3c(c(-c4c(C(C)C)cc(C(C)C)cc4C(C)C)cc2c1)OP(=O)(O)Oc1c(-c2c(C(C)C)cc(C(C)C)cc2C(C)C)cc2cc(C)ccc2c1-3. The molecular formula is C52H61O4P. The Labute approximate surface area is 341 Å². The van der Waals surface area contributed by atoms with Gasteiger partial charge in [0.1, 0.15) is 11.5 Å². The Morgan fingerprint density at radius 1 is 0.439 bits per heavy atom. The molecule has 0 fully saturated rings. The molecule has 1 aliphatic rings. The van der Waals surface area contributed by atoms with Crippen LogP contribution in [0.25, 0.3) is 54.9 Å². The average Bonchev–Trinajstić information content (AvgIpc) is 3.25. The highest BCUT2D eigenvalue weighted by atomic mass is 31.2. The summed E-state index contributed by atoms with van der Waals surface area (Å²) < 4.78 is 27.9. The molecular weight excluding hydrogens is 720 g/mol. The van der Waals surface area contributed by atoms with Gasteiger partial charge in [0.15, 0.2) is 0 Å². The zero-order valence-corrected chi connectivity index (χ0v) is 37.4. The van der Waals surface area contributed by atoms with Crippen molar-refractivity contribution >= 4 is 29.4 Å². The third-order valence-corrected chi connectivity index (χ3v) is 12.8. The second-order valence-electron chi connectivity index (χ2n) is 18.4. The Morgan fingerprint density at radius 2 is 0.754 bits per heavy atom. The number of rotatable bonds is 8. The molecule has 0 bridgehead atoms. The van der Waals surface area contributed by atoms with Gasteiger partial charge in [-0.2, -0.15) is 0 Å². The largest absolute Gasteiger partial charge is 0.584 e. The summed E-state index contributed by atoms with van der Waals surface area (Å²) in [5.41, 5.74) is 15.0. The highest BCUT2D eigenvalue weighted by Gasteiger charge is 2.39. The first-order chi connectivity index (χ1) is 26.8. The van der Waals surface area contributed by atoms with Crippen LogP contribution in [0.4, 0.5) is 0 Å². The van der Waals surface area contributed by atoms with Gasteiger partial charge in [0, 0.05) is 22.3 Å². The number of phosphoric ester groups is 1. The lowest BCUT2D eigenvalue weighted by atomic mass is 9.78. The second-order valence-corrected chi connectivity index (χ2v) is 19.7. The Balaban J connectivity index is 1.76. The molecule has 0 aromatic heterocycles. The number of fused-ring (bicyclic) bond motifs is 7. The van der Waals surface area contributed by atoms with Crippen molar-refractivity contribution in [3.63, 3.8) is 0 Å². The number of phosphoric acid groups is 1. The quantitative estimate of drug-likeness (QED) is 0.156. The van der Waals surface area contributed by atoms with Crippen molar-refractivity contribution in [2.24, 2.45) is 0 Å². The highest BCUT2D eigenvalue weighted by Crippen LogP contribution is 2.63. The molecule has 5 heteroatoms. The molecule has 0 saturated heterocycles. The predicted molar refractivity (Wildman–Crippen MR) is 243 cm³/mol. The van der Waals surface area contributed by atoms with Gasteiger partial charge in [0.2, 0.25) is 0 Å². The normalized spacial score (nSPS) is 13.9. The molecule has 6 aromatic carbocycles. The maximum absolute atomic E-state index is 14.8. The van der Waals surface area contributed by atoms with E-state index < -0.39 is 7.82 Å². The minimum absolute atomic E-state index is 0.184. The van der Waals surface area contributed by atoms with E-state index in [1.54, 1.807) is 0 Å². The third-order valence-electron chi connectivity index (χ3n) is 12.0. The van der Waals surface area contributed by atoms with Gasteiger partial charge >= 0.3 is 7.82 Å². The molecule has 7 rings (SSSR count). The van der Waals surface area contributed by atoms with Crippen LogP contribution in [0.2, 0.25) is 0 Å². The molecule has 298 valence electrons. The summed E-state index contributed by atoms with van der Waals surface area (Å²) >= 11 is 0. The zero-order valence-electron chi connectivity index (χ0n) is 36.5. The molecule has 0 amide bonds. The van der Waals surface area contributed by atoms with Crippen LogP contribution in [0.5, 0.6) is 11.5 Å². The minimum atomic E-state index is -4.77. The van der Waals surface area contributed by atoms with Gasteiger partial charge in [-0.3, -0.25) is 4.89 Å². The van der Waals surface area contributed by atoms with E-state index in [0.717, 1.165) is 66.1 Å². The summed E-state index contributed by atoms with van der Waals surface area (Å²) in [7, 11) is -4.77. The van der Waals surface area contributed by atoms with Crippen molar-refractivity contribution in [3.05, 3.63) is 117 Å². The zero-order chi connectivity index (χ0) is 41.4. The van der Waals surface area contributed by atoms with E-state index in [0.29, 0.717) is 23.3 Å². The van der Waals surface area contributed by atoms with Gasteiger partial charge in [0.25, 0.3) is 0 Å². The van der Waals surface area contributed by atoms with Gasteiger partial charge in [0.05, 0.1) is 0 Å². The molecule has 0 saturated carbocycles. The highest BCUT2D eigenvalue weighted by molar-refractivity contribution is 7.48. The van der Waals surface area contributed by atoms with Crippen molar-refractivity contribution in [1.29, 1.82) is 0 Å². The Hall–Kier alpha value is -4.37. The van der Waals surface area contributed by atoms with Crippen molar-refractivity contribution < 1.29 is 18.5 Å². The first kappa shape index (κ1) is 40.8. The van der Waals surface area contributed by atoms with Crippen LogP contribution in [0.15, 0.2) is 72.8 Å². The molecule has 1 heterocycles. The summed E-state index contributed by atoms with van der Waals surface area (Å²) in [6, 6.07) is 26.7. The van der Waals surface area contributed by atoms with Crippen LogP contribution in [0.3, 0.4) is 0 Å². The van der Waals surface area contributed by atoms with Crippen LogP contribution < -0.4 is 9.05 Å². The van der Waals surface area contributed by atoms with Crippen molar-refractivity contribution in [2.75, 3.05) is 0 Å². The number of hydrogen-bond donors (Lipinski definition) is 1. The van der Waals surface area contributed by atoms with Crippen LogP contribution in [0.1, 0.15) is 163 Å². The van der Waals surface area contributed by atoms with E-state index in [9.17, 15) is 9.46 Å². The van der Waals surface area contributed by atoms with E-state index in [2.05, 4.69) is 170 Å². The van der Waals surface area contributed by atoms with Gasteiger partial charge in [-0.05, 0) is 128 Å². The van der Waals surface area contributed by atoms with Gasteiger partial charge in [-0.25, -0.2) is 4.57 Å². The van der Waals surface area contributed by atoms with Crippen LogP contribution in [0, 0.1) is 13.8 Å². The smallest absolute Gasteiger partial charge is 0.394 e. The molecule has 0 aliphatic carbocycles. The number of hydrogen-bond acceptors (Lipinski definition) is 3. The van der Waals surface area contributed by atoms with Crippen molar-refractivity contribution in [2.45, 2.75) is 132 Å². The topological polar surface area (TPSA) is 55.8 Å². The fourth-order valence-corrected chi connectivity index (χ4v) is 9.73. The molecule has 1 N–H and O–H groups in total. The fraction of sp³-hybridized carbons (Fsp3) is 0.385. The average molecular weight is 781 g/mol. The van der Waals surface area contributed by atoms with E-state index in [4.69, 9.17) is 9.05 Å². The predicted octanol–water partition coefficient (Wildman–Crippen LogP) is 16.2. The maximum atomic E-state index is 14.8. The van der Waals surface area contributed by atoms with Gasteiger partial charge < -0.3 is 9.05 Å². The molecule has 6 aromatic rings. The first-order valence-corrected chi connectivity index (χ1v) is 22.5. The lowest BCUT2D eigenvalue weighted by molar-refractivity contribution is 0.295. The van der Waals surface area contributed by atoms with Gasteiger partial charge in [-0.15, -0.1) is 0 Å². The summed E-state index contributed by atoms with van der Waals surface area (Å²) in [6.07, 6.45) is 0. The Bertz CT molecular complexity index is 2370. The summed E-state index contributed by atoms with van der Waals surface area (Å²) in [4.78, 5) is 12.1. The second kappa shape index (κ2) is 15.1. The van der Waals surface area contributed by atoms with E-state index in [1.807, 2.05) is 0 Å². The summed E-state index contributed by atoms with van der Waals surface area (Å²) in [5.74, 6) is 2.19. The monoisotopic (exact) mass is 780 g/mol. The number of benzene rings is 6. The van der Waals surface area contributed by atoms with Gasteiger partial charge in [-0.1, -0.05) is 155 Å². The van der Waals surface area contributed by atoms with Crippen LogP contribution in [-0.4, -0.2) is 4.89 Å². The standard InChI is InChI=1S/C52H61O4P/c1-27(2)35-21-41(29(5)6)47(42(22-35)30(7)8)45-25-37-19-33(13)15-17-39(37)49-50-40-18-16-34(14)20-38(40)26-46(52(50)56-57(53,54)55-51(45)49)48-43(31(9)10)23-36(28(3)4)24-44(48)32(11)12/h15-32H,1-14H3,(H,53,54). The fourth-order valence-electron chi connectivity index (χ4n) is 8.85. The first-order valence-electron chi connectivity index (χ1n) is 21.0. The van der Waals surface area contributed by atoms with E-state index >= 15 is 0 Å². The maximum Gasteiger partial charge on any atom is 0.584 e. The third kappa shape index (κ3) is 7.34. The summed E-state index contributed by atoms with van der Waals surface area (Å²) in [5, 5.41) is 3.99. The van der Waals surface area contributed by atoms with Crippen molar-refractivity contribution in [3.8, 4) is 44.9 Å². The molecule has 0 unspecified atom stereocenters. The Morgan fingerprint density at radius 3 is 1.04 bits per heavy atom. The molecule has 0 spiro atoms. The molecule has 4 nitrogen and oxygen atoms in total. The molecule has 57 heavy (non-hydrogen) atoms. The molecule has 1 aliphatic heterocycles. The number of aryl methyl sites for hydroxylation is 2. The van der Waals surface area contributed by atoms with Crippen LogP contribution in [-0.2, 0) is 4.57 Å². The molecule has 0 radical (unpaired) electrons. The van der Waals surface area contributed by atoms with Crippen molar-refractivity contribution in [1.82, 2.24) is 0 Å². The lowest BCUT2D eigenvalue weighted by Crippen LogP contribution is -2.06. The summed E-state index contributed by atoms with van der Waals surface area (Å²) in [6.45, 7) is 31.1. The van der Waals surface area contributed by atoms with E-state index in [-0.39, 0.29) is 23.7 Å².